The summed E-state index contributed by atoms with van der Waals surface area (Å²) in [4.78, 5) is 49.7. The molecule has 2 aromatic carbocycles. The van der Waals surface area contributed by atoms with Gasteiger partial charge >= 0.3 is 12.1 Å². The number of nitrogens with zero attached hydrogens (tertiary/aromatic N) is 2. The van der Waals surface area contributed by atoms with Crippen molar-refractivity contribution < 1.29 is 32.4 Å². The van der Waals surface area contributed by atoms with Crippen molar-refractivity contribution in [2.24, 2.45) is 0 Å². The smallest absolute Gasteiger partial charge is 0.429 e. The molecular weight excluding hydrogens is 611 g/mol. The van der Waals surface area contributed by atoms with Crippen LogP contribution in [0.4, 0.5) is 4.79 Å². The number of benzene rings is 2. The number of nitrogens with one attached hydrogen (secondary N) is 1. The van der Waals surface area contributed by atoms with Gasteiger partial charge in [0.2, 0.25) is 5.54 Å². The summed E-state index contributed by atoms with van der Waals surface area (Å²) in [5.41, 5.74) is -1.80. The summed E-state index contributed by atoms with van der Waals surface area (Å²) in [5.74, 6) is -0.0985. The molecule has 0 spiro atoms. The SMILES string of the molecule is Cc1ccc(S(=O)(=O)N(OC(=O)N2CCSCC2)[C@@](Cc2ccccc2)(C(=O)OC(C)C)C(=O)[C@H]2NC(C)(C)CS2)cc1. The lowest BCUT2D eigenvalue weighted by Gasteiger charge is -2.40. The molecule has 0 unspecified atom stereocenters. The number of rotatable bonds is 10. The third kappa shape index (κ3) is 7.56. The Hall–Kier alpha value is -2.58. The number of carbonyl (C=O) groups is 3. The van der Waals surface area contributed by atoms with Crippen LogP contribution in [0.1, 0.15) is 38.8 Å². The topological polar surface area (TPSA) is 122 Å². The van der Waals surface area contributed by atoms with Gasteiger partial charge in [-0.2, -0.15) is 11.8 Å². The number of carbonyl (C=O) groups excluding carboxylic acids is 3. The second kappa shape index (κ2) is 13.6. The van der Waals surface area contributed by atoms with E-state index < -0.39 is 56.8 Å². The first kappa shape index (κ1) is 33.3. The Morgan fingerprint density at radius 3 is 2.26 bits per heavy atom. The number of esters is 1. The molecule has 0 saturated carbocycles. The third-order valence-corrected chi connectivity index (χ3v) is 11.2. The van der Waals surface area contributed by atoms with Gasteiger partial charge in [-0.1, -0.05) is 48.0 Å². The monoisotopic (exact) mass is 649 g/mol. The van der Waals surface area contributed by atoms with Crippen LogP contribution in [0.15, 0.2) is 59.5 Å². The van der Waals surface area contributed by atoms with E-state index in [-0.39, 0.29) is 4.90 Å². The Labute approximate surface area is 262 Å². The Kier molecular flexibility index (Phi) is 10.5. The van der Waals surface area contributed by atoms with Crippen LogP contribution in [0.5, 0.6) is 0 Å². The Morgan fingerprint density at radius 2 is 1.70 bits per heavy atom. The standard InChI is InChI=1S/C30H39N3O7S3/c1-21(2)39-27(35)30(19-23-9-7-6-8-10-23,25(34)26-31-29(4,5)20-42-26)33(40-28(36)32-15-17-41-18-16-32)43(37,38)24-13-11-22(3)12-14-24/h6-14,21,26,31H,15-20H2,1-5H3/t26-,30+/m0/s1. The molecule has 1 N–H and O–H groups in total. The zero-order chi connectivity index (χ0) is 31.4. The van der Waals surface area contributed by atoms with Crippen molar-refractivity contribution in [2.45, 2.75) is 68.5 Å². The van der Waals surface area contributed by atoms with Crippen LogP contribution in [0.25, 0.3) is 0 Å². The Bertz CT molecular complexity index is 1410. The van der Waals surface area contributed by atoms with Gasteiger partial charge in [-0.25, -0.2) is 18.0 Å². The molecule has 43 heavy (non-hydrogen) atoms. The van der Waals surface area contributed by atoms with E-state index in [1.165, 1.54) is 28.8 Å². The van der Waals surface area contributed by atoms with E-state index in [2.05, 4.69) is 5.32 Å². The molecule has 10 nitrogen and oxygen atoms in total. The van der Waals surface area contributed by atoms with Crippen LogP contribution in [0, 0.1) is 6.92 Å². The summed E-state index contributed by atoms with van der Waals surface area (Å²) >= 11 is 2.92. The number of hydroxylamine groups is 1. The first-order chi connectivity index (χ1) is 20.3. The highest BCUT2D eigenvalue weighted by atomic mass is 32.2. The normalized spacial score (nSPS) is 20.1. The highest BCUT2D eigenvalue weighted by molar-refractivity contribution is 8.01. The minimum Gasteiger partial charge on any atom is -0.461 e. The van der Waals surface area contributed by atoms with Crippen LogP contribution in [0.2, 0.25) is 0 Å². The molecule has 234 valence electrons. The largest absolute Gasteiger partial charge is 0.461 e. The van der Waals surface area contributed by atoms with E-state index in [0.29, 0.717) is 40.4 Å². The zero-order valence-corrected chi connectivity index (χ0v) is 27.5. The van der Waals surface area contributed by atoms with Gasteiger partial charge in [0, 0.05) is 46.8 Å². The maximum atomic E-state index is 14.8. The van der Waals surface area contributed by atoms with E-state index in [4.69, 9.17) is 9.57 Å². The molecule has 1 amide bonds. The predicted octanol–water partition coefficient (Wildman–Crippen LogP) is 4.03. The van der Waals surface area contributed by atoms with E-state index in [9.17, 15) is 22.8 Å². The highest BCUT2D eigenvalue weighted by Crippen LogP contribution is 2.38. The Balaban J connectivity index is 1.97. The first-order valence-corrected chi connectivity index (χ1v) is 17.8. The molecule has 13 heteroatoms. The maximum absolute atomic E-state index is 14.8. The minimum atomic E-state index is -4.81. The second-order valence-corrected chi connectivity index (χ2v) is 15.6. The fourth-order valence-electron chi connectivity index (χ4n) is 4.79. The molecule has 2 aromatic rings. The number of amides is 1. The Morgan fingerprint density at radius 1 is 1.07 bits per heavy atom. The molecule has 4 rings (SSSR count). The van der Waals surface area contributed by atoms with Gasteiger partial charge in [0.1, 0.15) is 5.37 Å². The van der Waals surface area contributed by atoms with Crippen LogP contribution in [-0.4, -0.2) is 88.5 Å². The van der Waals surface area contributed by atoms with Gasteiger partial charge in [0.15, 0.2) is 5.78 Å². The average Bonchev–Trinajstić information content (AvgIpc) is 3.34. The number of hydrogen-bond donors (Lipinski definition) is 1. The van der Waals surface area contributed by atoms with E-state index in [1.807, 2.05) is 13.8 Å². The molecule has 2 atom stereocenters. The van der Waals surface area contributed by atoms with E-state index >= 15 is 0 Å². The van der Waals surface area contributed by atoms with Crippen molar-refractivity contribution in [3.8, 4) is 0 Å². The molecule has 0 aliphatic carbocycles. The molecule has 2 fully saturated rings. The van der Waals surface area contributed by atoms with Crippen molar-refractivity contribution in [2.75, 3.05) is 30.3 Å². The van der Waals surface area contributed by atoms with Crippen LogP contribution < -0.4 is 5.32 Å². The first-order valence-electron chi connectivity index (χ1n) is 14.1. The van der Waals surface area contributed by atoms with Gasteiger partial charge in [0.05, 0.1) is 11.0 Å². The molecule has 0 aromatic heterocycles. The van der Waals surface area contributed by atoms with Crippen LogP contribution in [0.3, 0.4) is 0 Å². The number of sulfonamides is 1. The lowest BCUT2D eigenvalue weighted by atomic mass is 9.86. The molecule has 2 aliphatic rings. The highest BCUT2D eigenvalue weighted by Gasteiger charge is 2.62. The second-order valence-electron chi connectivity index (χ2n) is 11.6. The number of thioether (sulfide) groups is 2. The van der Waals surface area contributed by atoms with E-state index in [0.717, 1.165) is 5.56 Å². The molecule has 2 heterocycles. The van der Waals surface area contributed by atoms with E-state index in [1.54, 1.807) is 75.0 Å². The summed E-state index contributed by atoms with van der Waals surface area (Å²) in [7, 11) is -4.81. The zero-order valence-electron chi connectivity index (χ0n) is 25.1. The van der Waals surface area contributed by atoms with Crippen molar-refractivity contribution in [3.63, 3.8) is 0 Å². The van der Waals surface area contributed by atoms with Crippen LogP contribution in [-0.2, 0) is 35.6 Å². The van der Waals surface area contributed by atoms with Gasteiger partial charge in [-0.15, -0.1) is 11.8 Å². The lowest BCUT2D eigenvalue weighted by molar-refractivity contribution is -0.182. The van der Waals surface area contributed by atoms with Crippen molar-refractivity contribution in [1.29, 1.82) is 0 Å². The number of ether oxygens (including phenoxy) is 1. The van der Waals surface area contributed by atoms with Crippen LogP contribution >= 0.6 is 23.5 Å². The fourth-order valence-corrected chi connectivity index (χ4v) is 8.58. The third-order valence-electron chi connectivity index (χ3n) is 7.04. The number of aryl methyl sites for hydroxylation is 1. The summed E-state index contributed by atoms with van der Waals surface area (Å²) in [6, 6.07) is 14.5. The van der Waals surface area contributed by atoms with Gasteiger partial charge in [-0.05, 0) is 52.3 Å². The van der Waals surface area contributed by atoms with Gasteiger partial charge < -0.3 is 14.5 Å². The van der Waals surface area contributed by atoms with Crippen molar-refractivity contribution >= 4 is 51.4 Å². The summed E-state index contributed by atoms with van der Waals surface area (Å²) in [5, 5.41) is 2.24. The summed E-state index contributed by atoms with van der Waals surface area (Å²) < 4.78 is 35.2. The average molecular weight is 650 g/mol. The number of hydrogen-bond acceptors (Lipinski definition) is 10. The maximum Gasteiger partial charge on any atom is 0.429 e. The molecule has 2 aliphatic heterocycles. The van der Waals surface area contributed by atoms with Gasteiger partial charge in [0.25, 0.3) is 10.0 Å². The van der Waals surface area contributed by atoms with Crippen molar-refractivity contribution in [1.82, 2.24) is 14.7 Å². The lowest BCUT2D eigenvalue weighted by Crippen LogP contribution is -2.68. The molecule has 0 radical (unpaired) electrons. The number of Topliss-reactive ketones (excluding diaryl/α,β-unsaturated/α-hetero) is 1. The summed E-state index contributed by atoms with van der Waals surface area (Å²) in [6.45, 7) is 9.49. The summed E-state index contributed by atoms with van der Waals surface area (Å²) in [6.07, 6.45) is -2.09. The fraction of sp³-hybridized carbons (Fsp3) is 0.500. The van der Waals surface area contributed by atoms with Crippen molar-refractivity contribution in [3.05, 3.63) is 65.7 Å². The molecular formula is C30H39N3O7S3. The molecule has 0 bridgehead atoms. The minimum absolute atomic E-state index is 0.241. The number of ketones is 1. The van der Waals surface area contributed by atoms with Gasteiger partial charge in [-0.3, -0.25) is 10.1 Å². The molecule has 2 saturated heterocycles. The predicted molar refractivity (Wildman–Crippen MR) is 168 cm³/mol. The quantitative estimate of drug-likeness (QED) is 0.229.